The van der Waals surface area contributed by atoms with E-state index in [0.717, 1.165) is 15.7 Å². The van der Waals surface area contributed by atoms with Gasteiger partial charge in [-0.25, -0.2) is 9.78 Å². The van der Waals surface area contributed by atoms with Crippen molar-refractivity contribution in [3.63, 3.8) is 0 Å². The molecule has 1 N–H and O–H groups in total. The van der Waals surface area contributed by atoms with Crippen LogP contribution < -0.4 is 10.1 Å². The van der Waals surface area contributed by atoms with E-state index in [0.29, 0.717) is 19.2 Å². The van der Waals surface area contributed by atoms with E-state index in [-0.39, 0.29) is 12.6 Å². The molecule has 1 aliphatic rings. The smallest absolute Gasteiger partial charge is 0.407 e. The number of aromatic nitrogens is 2. The Bertz CT molecular complexity index is 669. The second kappa shape index (κ2) is 6.39. The number of ether oxygens (including phenoxy) is 2. The van der Waals surface area contributed by atoms with E-state index in [1.807, 2.05) is 42.0 Å². The Morgan fingerprint density at radius 1 is 1.50 bits per heavy atom. The van der Waals surface area contributed by atoms with Crippen LogP contribution in [0.1, 0.15) is 11.3 Å². The number of imidazole rings is 1. The van der Waals surface area contributed by atoms with E-state index in [1.54, 1.807) is 0 Å². The lowest BCUT2D eigenvalue weighted by Gasteiger charge is -2.24. The molecule has 2 aromatic rings. The summed E-state index contributed by atoms with van der Waals surface area (Å²) >= 11 is 3.36. The number of alkyl carbamates (subject to hydrolysis) is 1. The molecule has 0 aliphatic carbocycles. The highest BCUT2D eigenvalue weighted by Crippen LogP contribution is 2.17. The summed E-state index contributed by atoms with van der Waals surface area (Å²) in [6.07, 6.45) is 1.45. The van der Waals surface area contributed by atoms with Crippen molar-refractivity contribution in [2.45, 2.75) is 26.1 Å². The minimum absolute atomic E-state index is 0.126. The Kier molecular flexibility index (Phi) is 4.33. The van der Waals surface area contributed by atoms with Crippen molar-refractivity contribution in [1.29, 1.82) is 0 Å². The van der Waals surface area contributed by atoms with Gasteiger partial charge >= 0.3 is 6.09 Å². The number of rotatable bonds is 3. The van der Waals surface area contributed by atoms with Crippen molar-refractivity contribution in [3.05, 3.63) is 46.2 Å². The van der Waals surface area contributed by atoms with Gasteiger partial charge in [-0.05, 0) is 24.6 Å². The lowest BCUT2D eigenvalue weighted by Crippen LogP contribution is -2.44. The Morgan fingerprint density at radius 3 is 3.05 bits per heavy atom. The summed E-state index contributed by atoms with van der Waals surface area (Å²) in [4.78, 5) is 16.1. The molecule has 0 radical (unpaired) electrons. The van der Waals surface area contributed by atoms with Crippen LogP contribution in [0.15, 0.2) is 34.9 Å². The van der Waals surface area contributed by atoms with Gasteiger partial charge < -0.3 is 14.8 Å². The van der Waals surface area contributed by atoms with Gasteiger partial charge in [-0.1, -0.05) is 28.1 Å². The van der Waals surface area contributed by atoms with E-state index in [4.69, 9.17) is 9.47 Å². The molecule has 0 spiro atoms. The first kappa shape index (κ1) is 14.9. The van der Waals surface area contributed by atoms with E-state index in [9.17, 15) is 4.79 Å². The van der Waals surface area contributed by atoms with Gasteiger partial charge in [-0.3, -0.25) is 4.57 Å². The van der Waals surface area contributed by atoms with Crippen molar-refractivity contribution in [1.82, 2.24) is 14.9 Å². The largest absolute Gasteiger partial charge is 0.462 e. The van der Waals surface area contributed by atoms with Crippen molar-refractivity contribution in [2.24, 2.45) is 0 Å². The van der Waals surface area contributed by atoms with Crippen LogP contribution in [-0.4, -0.2) is 28.3 Å². The number of hydrogen-bond donors (Lipinski definition) is 1. The van der Waals surface area contributed by atoms with Gasteiger partial charge in [0.2, 0.25) is 0 Å². The number of benzene rings is 1. The van der Waals surface area contributed by atoms with Gasteiger partial charge in [-0.2, -0.15) is 0 Å². The molecule has 0 bridgehead atoms. The fourth-order valence-corrected chi connectivity index (χ4v) is 2.53. The maximum absolute atomic E-state index is 11.8. The third-order valence-corrected chi connectivity index (χ3v) is 3.82. The van der Waals surface area contributed by atoms with Gasteiger partial charge in [0.25, 0.3) is 6.01 Å². The van der Waals surface area contributed by atoms with E-state index in [2.05, 4.69) is 26.2 Å². The van der Waals surface area contributed by atoms with Gasteiger partial charge in [0.1, 0.15) is 13.2 Å². The van der Waals surface area contributed by atoms with Crippen LogP contribution in [0, 0.1) is 6.92 Å². The van der Waals surface area contributed by atoms with E-state index >= 15 is 0 Å². The third kappa shape index (κ3) is 3.59. The first-order valence-electron chi connectivity index (χ1n) is 6.94. The Balaban J connectivity index is 1.49. The average Bonchev–Trinajstić information content (AvgIpc) is 2.86. The molecule has 116 valence electrons. The second-order valence-corrected chi connectivity index (χ2v) is 6.09. The minimum atomic E-state index is -0.447. The molecule has 1 aliphatic heterocycles. The number of nitrogens with one attached hydrogen (secondary N) is 1. The predicted molar refractivity (Wildman–Crippen MR) is 83.7 cm³/mol. The monoisotopic (exact) mass is 365 g/mol. The molecule has 6 nitrogen and oxygen atoms in total. The molecule has 0 unspecified atom stereocenters. The zero-order valence-corrected chi connectivity index (χ0v) is 13.7. The van der Waals surface area contributed by atoms with Crippen LogP contribution in [0.2, 0.25) is 0 Å². The zero-order chi connectivity index (χ0) is 15.5. The first-order valence-corrected chi connectivity index (χ1v) is 7.74. The maximum atomic E-state index is 11.8. The lowest BCUT2D eigenvalue weighted by molar-refractivity contribution is 0.121. The van der Waals surface area contributed by atoms with Crippen LogP contribution in [0.25, 0.3) is 0 Å². The van der Waals surface area contributed by atoms with Crippen molar-refractivity contribution >= 4 is 22.0 Å². The quantitative estimate of drug-likeness (QED) is 0.907. The molecule has 3 rings (SSSR count). The Morgan fingerprint density at radius 2 is 2.27 bits per heavy atom. The molecule has 7 heteroatoms. The van der Waals surface area contributed by atoms with Crippen LogP contribution in [0.4, 0.5) is 4.79 Å². The molecule has 22 heavy (non-hydrogen) atoms. The highest BCUT2D eigenvalue weighted by Gasteiger charge is 2.22. The van der Waals surface area contributed by atoms with Gasteiger partial charge in [0, 0.05) is 10.7 Å². The highest BCUT2D eigenvalue weighted by atomic mass is 79.9. The van der Waals surface area contributed by atoms with Gasteiger partial charge in [-0.15, -0.1) is 0 Å². The standard InChI is InChI=1S/C15H16BrN3O3/c1-10-6-19-7-13(9-21-14(19)17-10)18-15(20)22-8-11-2-4-12(16)5-3-11/h2-6,13H,7-9H2,1H3,(H,18,20)/t13-/m0/s1. The second-order valence-electron chi connectivity index (χ2n) is 5.17. The minimum Gasteiger partial charge on any atom is -0.462 e. The number of aryl methyl sites for hydroxylation is 1. The summed E-state index contributed by atoms with van der Waals surface area (Å²) in [7, 11) is 0. The summed E-state index contributed by atoms with van der Waals surface area (Å²) in [5.74, 6) is 0. The molecule has 1 amide bonds. The summed E-state index contributed by atoms with van der Waals surface area (Å²) in [5, 5.41) is 2.81. The van der Waals surface area contributed by atoms with Crippen molar-refractivity contribution in [3.8, 4) is 6.01 Å². The molecule has 0 saturated heterocycles. The van der Waals surface area contributed by atoms with Crippen molar-refractivity contribution in [2.75, 3.05) is 6.61 Å². The molecule has 1 atom stereocenters. The van der Waals surface area contributed by atoms with Crippen LogP contribution in [0.5, 0.6) is 6.01 Å². The lowest BCUT2D eigenvalue weighted by atomic mass is 10.2. The highest BCUT2D eigenvalue weighted by molar-refractivity contribution is 9.10. The average molecular weight is 366 g/mol. The molecule has 0 fully saturated rings. The molecular formula is C15H16BrN3O3. The van der Waals surface area contributed by atoms with Gasteiger partial charge in [0.15, 0.2) is 0 Å². The number of hydrogen-bond acceptors (Lipinski definition) is 4. The van der Waals surface area contributed by atoms with E-state index in [1.165, 1.54) is 0 Å². The third-order valence-electron chi connectivity index (χ3n) is 3.30. The van der Waals surface area contributed by atoms with Crippen LogP contribution in [0.3, 0.4) is 0 Å². The van der Waals surface area contributed by atoms with Crippen LogP contribution >= 0.6 is 15.9 Å². The first-order chi connectivity index (χ1) is 10.6. The maximum Gasteiger partial charge on any atom is 0.407 e. The number of fused-ring (bicyclic) bond motifs is 1. The Hall–Kier alpha value is -2.02. The summed E-state index contributed by atoms with van der Waals surface area (Å²) in [6, 6.07) is 8.10. The van der Waals surface area contributed by atoms with Crippen molar-refractivity contribution < 1.29 is 14.3 Å². The predicted octanol–water partition coefficient (Wildman–Crippen LogP) is 2.64. The molecule has 1 aromatic heterocycles. The Labute approximate surface area is 136 Å². The molecule has 1 aromatic carbocycles. The number of halogens is 1. The summed E-state index contributed by atoms with van der Waals surface area (Å²) < 4.78 is 13.6. The fraction of sp³-hybridized carbons (Fsp3) is 0.333. The normalized spacial score (nSPS) is 16.5. The SMILES string of the molecule is Cc1cn2c(n1)OC[C@@H](NC(=O)OCc1ccc(Br)cc1)C2. The van der Waals surface area contributed by atoms with Gasteiger partial charge in [0.05, 0.1) is 18.3 Å². The van der Waals surface area contributed by atoms with Crippen LogP contribution in [-0.2, 0) is 17.9 Å². The summed E-state index contributed by atoms with van der Waals surface area (Å²) in [5.41, 5.74) is 1.83. The number of nitrogens with zero attached hydrogens (tertiary/aromatic N) is 2. The number of amides is 1. The number of carbonyl (C=O) groups excluding carboxylic acids is 1. The zero-order valence-electron chi connectivity index (χ0n) is 12.1. The molecular weight excluding hydrogens is 350 g/mol. The molecule has 0 saturated carbocycles. The molecule has 2 heterocycles. The fourth-order valence-electron chi connectivity index (χ4n) is 2.26. The topological polar surface area (TPSA) is 65.4 Å². The summed E-state index contributed by atoms with van der Waals surface area (Å²) in [6.45, 7) is 3.17. The number of carbonyl (C=O) groups is 1. The van der Waals surface area contributed by atoms with E-state index < -0.39 is 6.09 Å².